The number of rotatable bonds is 6. The topological polar surface area (TPSA) is 26.3 Å². The van der Waals surface area contributed by atoms with Crippen LogP contribution in [0.5, 0.6) is 5.75 Å². The monoisotopic (exact) mass is 288 g/mol. The Bertz CT molecular complexity index is 579. The zero-order valence-corrected chi connectivity index (χ0v) is 12.2. The van der Waals surface area contributed by atoms with Crippen LogP contribution >= 0.6 is 11.6 Å². The lowest BCUT2D eigenvalue weighted by atomic mass is 10.00. The van der Waals surface area contributed by atoms with Crippen LogP contribution < -0.4 is 4.74 Å². The van der Waals surface area contributed by atoms with Gasteiger partial charge in [-0.2, -0.15) is 0 Å². The first-order valence-corrected chi connectivity index (χ1v) is 7.12. The fourth-order valence-electron chi connectivity index (χ4n) is 1.98. The summed E-state index contributed by atoms with van der Waals surface area (Å²) in [6.45, 7) is 2.80. The number of carbonyl (C=O) groups is 1. The van der Waals surface area contributed by atoms with Gasteiger partial charge in [-0.25, -0.2) is 0 Å². The van der Waals surface area contributed by atoms with Gasteiger partial charge in [0.2, 0.25) is 0 Å². The molecule has 0 atom stereocenters. The van der Waals surface area contributed by atoms with Gasteiger partial charge in [0, 0.05) is 5.56 Å². The Kier molecular flexibility index (Phi) is 5.19. The fourth-order valence-corrected chi connectivity index (χ4v) is 2.14. The molecule has 0 heterocycles. The SMILES string of the molecule is CCCCOc1ccc(C(=O)Cl)c(-c2ccccc2)c1. The maximum Gasteiger partial charge on any atom is 0.253 e. The molecular formula is C17H17ClO2. The highest BCUT2D eigenvalue weighted by atomic mass is 35.5. The molecule has 0 aliphatic heterocycles. The summed E-state index contributed by atoms with van der Waals surface area (Å²) in [7, 11) is 0. The molecule has 2 aromatic carbocycles. The van der Waals surface area contributed by atoms with Gasteiger partial charge in [-0.15, -0.1) is 0 Å². The number of halogens is 1. The zero-order chi connectivity index (χ0) is 14.4. The zero-order valence-electron chi connectivity index (χ0n) is 11.4. The van der Waals surface area contributed by atoms with E-state index in [1.54, 1.807) is 12.1 Å². The Morgan fingerprint density at radius 3 is 2.55 bits per heavy atom. The normalized spacial score (nSPS) is 10.3. The van der Waals surface area contributed by atoms with Crippen molar-refractivity contribution in [3.63, 3.8) is 0 Å². The second-order valence-electron chi connectivity index (χ2n) is 4.55. The molecule has 3 heteroatoms. The van der Waals surface area contributed by atoms with Crippen molar-refractivity contribution in [2.24, 2.45) is 0 Å². The summed E-state index contributed by atoms with van der Waals surface area (Å²) < 4.78 is 5.69. The van der Waals surface area contributed by atoms with Crippen LogP contribution in [-0.4, -0.2) is 11.8 Å². The van der Waals surface area contributed by atoms with Crippen molar-refractivity contribution in [2.75, 3.05) is 6.61 Å². The first kappa shape index (κ1) is 14.6. The molecule has 0 amide bonds. The van der Waals surface area contributed by atoms with Crippen molar-refractivity contribution < 1.29 is 9.53 Å². The molecule has 0 aromatic heterocycles. The van der Waals surface area contributed by atoms with Gasteiger partial charge >= 0.3 is 0 Å². The lowest BCUT2D eigenvalue weighted by molar-refractivity contribution is 0.108. The van der Waals surface area contributed by atoms with Crippen LogP contribution in [0.4, 0.5) is 0 Å². The third-order valence-electron chi connectivity index (χ3n) is 3.05. The number of benzene rings is 2. The van der Waals surface area contributed by atoms with E-state index in [0.717, 1.165) is 29.7 Å². The quantitative estimate of drug-likeness (QED) is 0.557. The molecule has 2 rings (SSSR count). The largest absolute Gasteiger partial charge is 0.494 e. The van der Waals surface area contributed by atoms with E-state index in [4.69, 9.17) is 16.3 Å². The van der Waals surface area contributed by atoms with E-state index < -0.39 is 5.24 Å². The van der Waals surface area contributed by atoms with Crippen LogP contribution in [0.2, 0.25) is 0 Å². The highest BCUT2D eigenvalue weighted by Gasteiger charge is 2.12. The predicted octanol–water partition coefficient (Wildman–Crippen LogP) is 4.91. The fraction of sp³-hybridized carbons (Fsp3) is 0.235. The lowest BCUT2D eigenvalue weighted by Crippen LogP contribution is -1.99. The van der Waals surface area contributed by atoms with Crippen molar-refractivity contribution in [3.8, 4) is 16.9 Å². The molecule has 2 nitrogen and oxygen atoms in total. The van der Waals surface area contributed by atoms with Crippen molar-refractivity contribution in [2.45, 2.75) is 19.8 Å². The van der Waals surface area contributed by atoms with Gasteiger partial charge in [-0.1, -0.05) is 43.7 Å². The minimum absolute atomic E-state index is 0.455. The molecule has 0 spiro atoms. The number of hydrogen-bond donors (Lipinski definition) is 0. The Morgan fingerprint density at radius 2 is 1.90 bits per heavy atom. The molecular weight excluding hydrogens is 272 g/mol. The standard InChI is InChI=1S/C17H17ClO2/c1-2-3-11-20-14-9-10-15(17(18)19)16(12-14)13-7-5-4-6-8-13/h4-10,12H,2-3,11H2,1H3. The van der Waals surface area contributed by atoms with E-state index in [2.05, 4.69) is 6.92 Å². The van der Waals surface area contributed by atoms with Crippen molar-refractivity contribution in [3.05, 3.63) is 54.1 Å². The third-order valence-corrected chi connectivity index (χ3v) is 3.26. The van der Waals surface area contributed by atoms with Crippen LogP contribution in [0.1, 0.15) is 30.1 Å². The average molecular weight is 289 g/mol. The number of ether oxygens (including phenoxy) is 1. The Morgan fingerprint density at radius 1 is 1.15 bits per heavy atom. The van der Waals surface area contributed by atoms with Gasteiger partial charge in [0.05, 0.1) is 6.61 Å². The minimum Gasteiger partial charge on any atom is -0.494 e. The van der Waals surface area contributed by atoms with Crippen LogP contribution in [0.25, 0.3) is 11.1 Å². The molecule has 104 valence electrons. The third kappa shape index (κ3) is 3.61. The van der Waals surface area contributed by atoms with E-state index in [9.17, 15) is 4.79 Å². The van der Waals surface area contributed by atoms with Gasteiger partial charge in [0.25, 0.3) is 5.24 Å². The molecule has 20 heavy (non-hydrogen) atoms. The van der Waals surface area contributed by atoms with E-state index in [-0.39, 0.29) is 0 Å². The summed E-state index contributed by atoms with van der Waals surface area (Å²) in [6, 6.07) is 15.1. The highest BCUT2D eigenvalue weighted by molar-refractivity contribution is 6.68. The smallest absolute Gasteiger partial charge is 0.253 e. The average Bonchev–Trinajstić information content (AvgIpc) is 2.48. The van der Waals surface area contributed by atoms with E-state index in [1.807, 2.05) is 36.4 Å². The highest BCUT2D eigenvalue weighted by Crippen LogP contribution is 2.29. The summed E-state index contributed by atoms with van der Waals surface area (Å²) in [5.74, 6) is 0.763. The number of hydrogen-bond acceptors (Lipinski definition) is 2. The molecule has 2 aromatic rings. The van der Waals surface area contributed by atoms with Gasteiger partial charge in [0.15, 0.2) is 0 Å². The van der Waals surface area contributed by atoms with Crippen molar-refractivity contribution in [1.82, 2.24) is 0 Å². The maximum absolute atomic E-state index is 11.5. The van der Waals surface area contributed by atoms with E-state index in [1.165, 1.54) is 0 Å². The first-order chi connectivity index (χ1) is 9.72. The van der Waals surface area contributed by atoms with Gasteiger partial charge in [-0.3, -0.25) is 4.79 Å². The summed E-state index contributed by atoms with van der Waals surface area (Å²) >= 11 is 5.66. The summed E-state index contributed by atoms with van der Waals surface area (Å²) in [5.41, 5.74) is 2.26. The van der Waals surface area contributed by atoms with Crippen LogP contribution in [0, 0.1) is 0 Å². The van der Waals surface area contributed by atoms with Crippen LogP contribution in [0.3, 0.4) is 0 Å². The van der Waals surface area contributed by atoms with Gasteiger partial charge in [-0.05, 0) is 47.3 Å². The molecule has 0 bridgehead atoms. The lowest BCUT2D eigenvalue weighted by Gasteiger charge is -2.11. The molecule has 0 fully saturated rings. The molecule has 0 saturated heterocycles. The Balaban J connectivity index is 2.35. The summed E-state index contributed by atoms with van der Waals surface area (Å²) in [5, 5.41) is -0.455. The second-order valence-corrected chi connectivity index (χ2v) is 4.89. The predicted molar refractivity (Wildman–Crippen MR) is 82.5 cm³/mol. The van der Waals surface area contributed by atoms with Gasteiger partial charge < -0.3 is 4.74 Å². The molecule has 0 aliphatic carbocycles. The van der Waals surface area contributed by atoms with E-state index in [0.29, 0.717) is 12.2 Å². The molecule has 0 saturated carbocycles. The van der Waals surface area contributed by atoms with Crippen molar-refractivity contribution >= 4 is 16.8 Å². The van der Waals surface area contributed by atoms with Crippen molar-refractivity contribution in [1.29, 1.82) is 0 Å². The van der Waals surface area contributed by atoms with Crippen LogP contribution in [0.15, 0.2) is 48.5 Å². The molecule has 0 radical (unpaired) electrons. The molecule has 0 N–H and O–H groups in total. The van der Waals surface area contributed by atoms with Crippen LogP contribution in [-0.2, 0) is 0 Å². The summed E-state index contributed by atoms with van der Waals surface area (Å²) in [4.78, 5) is 11.5. The van der Waals surface area contributed by atoms with E-state index >= 15 is 0 Å². The number of carbonyl (C=O) groups excluding carboxylic acids is 1. The summed E-state index contributed by atoms with van der Waals surface area (Å²) in [6.07, 6.45) is 2.10. The maximum atomic E-state index is 11.5. The molecule has 0 aliphatic rings. The van der Waals surface area contributed by atoms with Gasteiger partial charge in [0.1, 0.15) is 5.75 Å². The second kappa shape index (κ2) is 7.11. The minimum atomic E-state index is -0.455. The molecule has 0 unspecified atom stereocenters. The Hall–Kier alpha value is -1.80. The first-order valence-electron chi connectivity index (χ1n) is 6.74. The number of unbranched alkanes of at least 4 members (excludes halogenated alkanes) is 1. The Labute approximate surface area is 124 Å².